The Kier molecular flexibility index (Phi) is 5.36. The van der Waals surface area contributed by atoms with E-state index in [2.05, 4.69) is 20.3 Å². The van der Waals surface area contributed by atoms with Crippen LogP contribution in [0.2, 0.25) is 0 Å². The van der Waals surface area contributed by atoms with Gasteiger partial charge in [0.2, 0.25) is 0 Å². The Labute approximate surface area is 138 Å². The minimum atomic E-state index is -4.60. The average molecular weight is 349 g/mol. The molecule has 0 aromatic carbocycles. The molecule has 0 radical (unpaired) electrons. The van der Waals surface area contributed by atoms with Crippen molar-refractivity contribution in [1.82, 2.24) is 25.0 Å². The second kappa shape index (κ2) is 6.96. The third-order valence-corrected chi connectivity index (χ3v) is 4.34. The third kappa shape index (κ3) is 3.80. The van der Waals surface area contributed by atoms with Crippen LogP contribution in [-0.2, 0) is 11.8 Å². The zero-order valence-corrected chi connectivity index (χ0v) is 13.9. The first-order chi connectivity index (χ1) is 11.2. The van der Waals surface area contributed by atoms with Gasteiger partial charge in [0.15, 0.2) is 5.54 Å². The molecule has 1 atom stereocenters. The molecule has 0 bridgehead atoms. The number of aryl methyl sites for hydroxylation is 1. The molecule has 2 amide bonds. The molecule has 1 aliphatic heterocycles. The molecule has 1 aromatic heterocycles. The van der Waals surface area contributed by atoms with Crippen molar-refractivity contribution in [2.75, 3.05) is 26.8 Å². The fourth-order valence-corrected chi connectivity index (χ4v) is 2.80. The molecule has 7 nitrogen and oxygen atoms in total. The first kappa shape index (κ1) is 18.5. The van der Waals surface area contributed by atoms with Gasteiger partial charge in [-0.15, -0.1) is 10.2 Å². The van der Waals surface area contributed by atoms with E-state index in [-0.39, 0.29) is 5.92 Å². The number of nitrogens with one attached hydrogen (secondary N) is 1. The van der Waals surface area contributed by atoms with Crippen molar-refractivity contribution in [3.8, 4) is 0 Å². The number of ether oxygens (including phenoxy) is 1. The van der Waals surface area contributed by atoms with Crippen LogP contribution >= 0.6 is 0 Å². The number of nitrogens with zero attached hydrogens (tertiary/aromatic N) is 4. The van der Waals surface area contributed by atoms with E-state index in [9.17, 15) is 18.0 Å². The van der Waals surface area contributed by atoms with Crippen LogP contribution in [0.25, 0.3) is 0 Å². The van der Waals surface area contributed by atoms with Crippen LogP contribution in [0.3, 0.4) is 0 Å². The van der Waals surface area contributed by atoms with Crippen molar-refractivity contribution in [1.29, 1.82) is 0 Å². The number of aromatic nitrogens is 3. The van der Waals surface area contributed by atoms with Gasteiger partial charge < -0.3 is 19.5 Å². The number of rotatable bonds is 4. The Bertz CT molecular complexity index is 569. The van der Waals surface area contributed by atoms with Gasteiger partial charge in [-0.25, -0.2) is 4.79 Å². The summed E-state index contributed by atoms with van der Waals surface area (Å²) in [6.07, 6.45) is -1.73. The van der Waals surface area contributed by atoms with E-state index < -0.39 is 24.4 Å². The normalized spacial score (nSPS) is 19.2. The Morgan fingerprint density at radius 3 is 2.50 bits per heavy atom. The molecule has 1 fully saturated rings. The molecule has 2 heterocycles. The summed E-state index contributed by atoms with van der Waals surface area (Å²) in [5.74, 6) is 0.976. The molecule has 1 unspecified atom stereocenters. The quantitative estimate of drug-likeness (QED) is 0.898. The fraction of sp³-hybridized carbons (Fsp3) is 0.786. The second-order valence-corrected chi connectivity index (χ2v) is 6.25. The second-order valence-electron chi connectivity index (χ2n) is 6.25. The van der Waals surface area contributed by atoms with E-state index in [1.54, 1.807) is 6.33 Å². The van der Waals surface area contributed by atoms with Crippen molar-refractivity contribution in [3.05, 3.63) is 12.2 Å². The van der Waals surface area contributed by atoms with Gasteiger partial charge >= 0.3 is 12.2 Å². The molecular weight excluding hydrogens is 327 g/mol. The summed E-state index contributed by atoms with van der Waals surface area (Å²) in [5.41, 5.74) is -2.42. The lowest BCUT2D eigenvalue weighted by molar-refractivity contribution is -0.200. The van der Waals surface area contributed by atoms with Gasteiger partial charge in [-0.1, -0.05) is 0 Å². The molecule has 2 rings (SSSR count). The molecule has 136 valence electrons. The molecule has 24 heavy (non-hydrogen) atoms. The van der Waals surface area contributed by atoms with Crippen LogP contribution < -0.4 is 5.32 Å². The minimum absolute atomic E-state index is 0.148. The highest BCUT2D eigenvalue weighted by molar-refractivity contribution is 5.75. The lowest BCUT2D eigenvalue weighted by Crippen LogP contribution is -2.62. The Hall–Kier alpha value is -1.84. The number of likely N-dealkylation sites (tertiary alicyclic amines) is 1. The largest absolute Gasteiger partial charge is 0.413 e. The maximum atomic E-state index is 13.2. The lowest BCUT2D eigenvalue weighted by atomic mass is 9.96. The summed E-state index contributed by atoms with van der Waals surface area (Å²) in [6.45, 7) is 1.01. The number of halogens is 3. The standard InChI is InChI=1S/C14H22F3N5O2/c1-13(8-24-3,14(15,16)17)19-12(23)22-6-4-10(5-7-22)11-20-18-9-21(11)2/h9-10H,4-8H2,1-3H3,(H,19,23). The summed E-state index contributed by atoms with van der Waals surface area (Å²) in [6, 6.07) is -0.733. The first-order valence-electron chi connectivity index (χ1n) is 7.64. The van der Waals surface area contributed by atoms with Crippen molar-refractivity contribution >= 4 is 6.03 Å². The van der Waals surface area contributed by atoms with E-state index in [0.717, 1.165) is 12.7 Å². The Morgan fingerprint density at radius 1 is 1.42 bits per heavy atom. The van der Waals surface area contributed by atoms with E-state index >= 15 is 0 Å². The molecular formula is C14H22F3N5O2. The smallest absolute Gasteiger partial charge is 0.382 e. The van der Waals surface area contributed by atoms with Gasteiger partial charge in [0.25, 0.3) is 0 Å². The summed E-state index contributed by atoms with van der Waals surface area (Å²) in [4.78, 5) is 13.6. The summed E-state index contributed by atoms with van der Waals surface area (Å²) in [5, 5.41) is 9.95. The number of hydrogen-bond acceptors (Lipinski definition) is 4. The summed E-state index contributed by atoms with van der Waals surface area (Å²) >= 11 is 0. The number of carbonyl (C=O) groups excluding carboxylic acids is 1. The Morgan fingerprint density at radius 2 is 2.04 bits per heavy atom. The van der Waals surface area contributed by atoms with Crippen LogP contribution in [0.15, 0.2) is 6.33 Å². The van der Waals surface area contributed by atoms with Crippen molar-refractivity contribution in [2.24, 2.45) is 7.05 Å². The molecule has 10 heteroatoms. The maximum absolute atomic E-state index is 13.2. The van der Waals surface area contributed by atoms with Gasteiger partial charge in [-0.05, 0) is 19.8 Å². The predicted molar refractivity (Wildman–Crippen MR) is 79.4 cm³/mol. The molecule has 1 aliphatic rings. The van der Waals surface area contributed by atoms with E-state index in [0.29, 0.717) is 25.9 Å². The molecule has 1 aromatic rings. The maximum Gasteiger partial charge on any atom is 0.413 e. The van der Waals surface area contributed by atoms with Crippen molar-refractivity contribution < 1.29 is 22.7 Å². The average Bonchev–Trinajstić information content (AvgIpc) is 2.92. The number of urea groups is 1. The zero-order valence-electron chi connectivity index (χ0n) is 13.9. The van der Waals surface area contributed by atoms with Crippen LogP contribution in [0.5, 0.6) is 0 Å². The highest BCUT2D eigenvalue weighted by atomic mass is 19.4. The van der Waals surface area contributed by atoms with Gasteiger partial charge in [0.1, 0.15) is 12.2 Å². The van der Waals surface area contributed by atoms with Gasteiger partial charge in [-0.2, -0.15) is 13.2 Å². The third-order valence-electron chi connectivity index (χ3n) is 4.34. The van der Waals surface area contributed by atoms with Crippen LogP contribution in [0, 0.1) is 0 Å². The van der Waals surface area contributed by atoms with Gasteiger partial charge in [0, 0.05) is 33.2 Å². The number of carbonyl (C=O) groups is 1. The van der Waals surface area contributed by atoms with Crippen LogP contribution in [0.4, 0.5) is 18.0 Å². The van der Waals surface area contributed by atoms with E-state index in [1.165, 1.54) is 12.0 Å². The Balaban J connectivity index is 1.96. The SMILES string of the molecule is COCC(C)(NC(=O)N1CCC(c2nncn2C)CC1)C(F)(F)F. The molecule has 0 saturated carbocycles. The van der Waals surface area contributed by atoms with Gasteiger partial charge in [-0.3, -0.25) is 0 Å². The predicted octanol–water partition coefficient (Wildman–Crippen LogP) is 1.67. The van der Waals surface area contributed by atoms with Crippen LogP contribution in [0.1, 0.15) is 31.5 Å². The number of methoxy groups -OCH3 is 1. The number of amides is 2. The number of alkyl halides is 3. The highest BCUT2D eigenvalue weighted by Gasteiger charge is 2.53. The van der Waals surface area contributed by atoms with E-state index in [1.807, 2.05) is 11.6 Å². The number of piperidine rings is 1. The van der Waals surface area contributed by atoms with Crippen LogP contribution in [-0.4, -0.2) is 64.2 Å². The lowest BCUT2D eigenvalue weighted by Gasteiger charge is -2.37. The first-order valence-corrected chi connectivity index (χ1v) is 7.64. The monoisotopic (exact) mass is 349 g/mol. The molecule has 1 saturated heterocycles. The fourth-order valence-electron chi connectivity index (χ4n) is 2.80. The molecule has 0 aliphatic carbocycles. The van der Waals surface area contributed by atoms with E-state index in [4.69, 9.17) is 0 Å². The summed E-state index contributed by atoms with van der Waals surface area (Å²) < 4.78 is 46.0. The minimum Gasteiger partial charge on any atom is -0.382 e. The molecule has 0 spiro atoms. The van der Waals surface area contributed by atoms with Crippen molar-refractivity contribution in [3.63, 3.8) is 0 Å². The van der Waals surface area contributed by atoms with Gasteiger partial charge in [0.05, 0.1) is 6.61 Å². The highest BCUT2D eigenvalue weighted by Crippen LogP contribution is 2.31. The topological polar surface area (TPSA) is 72.3 Å². The summed E-state index contributed by atoms with van der Waals surface area (Å²) in [7, 11) is 3.01. The van der Waals surface area contributed by atoms with Crippen molar-refractivity contribution in [2.45, 2.75) is 37.4 Å². The zero-order chi connectivity index (χ0) is 18.0. The number of hydrogen-bond donors (Lipinski definition) is 1. The molecule has 1 N–H and O–H groups in total.